The fourth-order valence-corrected chi connectivity index (χ4v) is 1.75. The first kappa shape index (κ1) is 12.6. The Balaban J connectivity index is 1.93. The first-order valence-corrected chi connectivity index (χ1v) is 6.01. The van der Waals surface area contributed by atoms with E-state index in [1.165, 1.54) is 16.7 Å². The molecule has 1 aromatic heterocycles. The largest absolute Gasteiger partial charge is 0.380 e. The molecule has 1 heterocycles. The maximum absolute atomic E-state index is 5.08. The molecule has 0 aliphatic carbocycles. The van der Waals surface area contributed by atoms with E-state index in [4.69, 9.17) is 4.74 Å². The fourth-order valence-electron chi connectivity index (χ4n) is 1.75. The molecule has 0 atom stereocenters. The predicted octanol–water partition coefficient (Wildman–Crippen LogP) is 3.15. The quantitative estimate of drug-likeness (QED) is 0.874. The van der Waals surface area contributed by atoms with Crippen molar-refractivity contribution in [2.75, 3.05) is 12.4 Å². The SMILES string of the molecule is COCc1ccc(CNc2cc(C)ccn2)cc1. The van der Waals surface area contributed by atoms with Crippen molar-refractivity contribution in [1.82, 2.24) is 4.98 Å². The lowest BCUT2D eigenvalue weighted by Gasteiger charge is -2.07. The second-order valence-electron chi connectivity index (χ2n) is 4.32. The monoisotopic (exact) mass is 242 g/mol. The lowest BCUT2D eigenvalue weighted by Crippen LogP contribution is -2.01. The molecule has 0 fully saturated rings. The van der Waals surface area contributed by atoms with Crippen molar-refractivity contribution in [1.29, 1.82) is 0 Å². The molecule has 2 rings (SSSR count). The van der Waals surface area contributed by atoms with Crippen LogP contribution in [0.2, 0.25) is 0 Å². The van der Waals surface area contributed by atoms with E-state index in [0.29, 0.717) is 6.61 Å². The molecule has 0 unspecified atom stereocenters. The second-order valence-corrected chi connectivity index (χ2v) is 4.32. The predicted molar refractivity (Wildman–Crippen MR) is 73.5 cm³/mol. The number of aryl methyl sites for hydroxylation is 1. The van der Waals surface area contributed by atoms with Crippen molar-refractivity contribution in [2.24, 2.45) is 0 Å². The Bertz CT molecular complexity index is 494. The molecule has 1 aromatic carbocycles. The number of nitrogens with one attached hydrogen (secondary N) is 1. The summed E-state index contributed by atoms with van der Waals surface area (Å²) in [4.78, 5) is 4.27. The van der Waals surface area contributed by atoms with Crippen molar-refractivity contribution in [3.05, 3.63) is 59.3 Å². The van der Waals surface area contributed by atoms with Crippen LogP contribution in [0.25, 0.3) is 0 Å². The highest BCUT2D eigenvalue weighted by atomic mass is 16.5. The number of hydrogen-bond donors (Lipinski definition) is 1. The molecule has 2 aromatic rings. The number of benzene rings is 1. The standard InChI is InChI=1S/C15H18N2O/c1-12-7-8-16-15(9-12)17-10-13-3-5-14(6-4-13)11-18-2/h3-9H,10-11H2,1-2H3,(H,16,17). The molecule has 3 nitrogen and oxygen atoms in total. The van der Waals surface area contributed by atoms with Crippen LogP contribution in [0.4, 0.5) is 5.82 Å². The molecule has 0 aliphatic heterocycles. The molecule has 94 valence electrons. The number of methoxy groups -OCH3 is 1. The van der Waals surface area contributed by atoms with Gasteiger partial charge in [0.1, 0.15) is 5.82 Å². The van der Waals surface area contributed by atoms with Gasteiger partial charge in [0.2, 0.25) is 0 Å². The van der Waals surface area contributed by atoms with Gasteiger partial charge in [-0.15, -0.1) is 0 Å². The van der Waals surface area contributed by atoms with Crippen LogP contribution in [0.5, 0.6) is 0 Å². The van der Waals surface area contributed by atoms with Crippen molar-refractivity contribution < 1.29 is 4.74 Å². The minimum atomic E-state index is 0.660. The molecule has 1 N–H and O–H groups in total. The summed E-state index contributed by atoms with van der Waals surface area (Å²) in [5.41, 5.74) is 3.64. The lowest BCUT2D eigenvalue weighted by atomic mass is 10.1. The maximum atomic E-state index is 5.08. The number of hydrogen-bond acceptors (Lipinski definition) is 3. The van der Waals surface area contributed by atoms with Crippen molar-refractivity contribution in [3.63, 3.8) is 0 Å². The van der Waals surface area contributed by atoms with Crippen LogP contribution in [0.3, 0.4) is 0 Å². The minimum absolute atomic E-state index is 0.660. The van der Waals surface area contributed by atoms with Crippen LogP contribution in [-0.2, 0) is 17.9 Å². The van der Waals surface area contributed by atoms with Crippen molar-refractivity contribution >= 4 is 5.82 Å². The highest BCUT2D eigenvalue weighted by molar-refractivity contribution is 5.38. The third kappa shape index (κ3) is 3.57. The van der Waals surface area contributed by atoms with Gasteiger partial charge >= 0.3 is 0 Å². The maximum Gasteiger partial charge on any atom is 0.126 e. The summed E-state index contributed by atoms with van der Waals surface area (Å²) in [5, 5.41) is 3.31. The molecular formula is C15H18N2O. The molecule has 0 amide bonds. The average molecular weight is 242 g/mol. The smallest absolute Gasteiger partial charge is 0.126 e. The zero-order valence-corrected chi connectivity index (χ0v) is 10.8. The van der Waals surface area contributed by atoms with Crippen LogP contribution in [0, 0.1) is 6.92 Å². The molecule has 0 bridgehead atoms. The Morgan fingerprint density at radius 2 is 1.83 bits per heavy atom. The van der Waals surface area contributed by atoms with E-state index < -0.39 is 0 Å². The summed E-state index contributed by atoms with van der Waals surface area (Å²) in [5.74, 6) is 0.913. The number of aromatic nitrogens is 1. The zero-order valence-electron chi connectivity index (χ0n) is 10.8. The molecule has 18 heavy (non-hydrogen) atoms. The van der Waals surface area contributed by atoms with Gasteiger partial charge in [0.05, 0.1) is 6.61 Å². The van der Waals surface area contributed by atoms with Gasteiger partial charge in [-0.25, -0.2) is 4.98 Å². The van der Waals surface area contributed by atoms with E-state index in [1.54, 1.807) is 7.11 Å². The molecule has 0 radical (unpaired) electrons. The summed E-state index contributed by atoms with van der Waals surface area (Å²) in [6.07, 6.45) is 1.82. The Hall–Kier alpha value is -1.87. The van der Waals surface area contributed by atoms with E-state index >= 15 is 0 Å². The molecule has 0 saturated carbocycles. The third-order valence-corrected chi connectivity index (χ3v) is 2.72. The first-order valence-electron chi connectivity index (χ1n) is 6.01. The van der Waals surface area contributed by atoms with Gasteiger partial charge < -0.3 is 10.1 Å². The summed E-state index contributed by atoms with van der Waals surface area (Å²) in [6, 6.07) is 12.4. The van der Waals surface area contributed by atoms with Gasteiger partial charge in [0.15, 0.2) is 0 Å². The normalized spacial score (nSPS) is 10.3. The highest BCUT2D eigenvalue weighted by Gasteiger charge is 1.96. The summed E-state index contributed by atoms with van der Waals surface area (Å²) in [7, 11) is 1.71. The van der Waals surface area contributed by atoms with E-state index in [9.17, 15) is 0 Å². The zero-order chi connectivity index (χ0) is 12.8. The summed E-state index contributed by atoms with van der Waals surface area (Å²) in [6.45, 7) is 3.50. The highest BCUT2D eigenvalue weighted by Crippen LogP contribution is 2.09. The van der Waals surface area contributed by atoms with Gasteiger partial charge in [-0.2, -0.15) is 0 Å². The van der Waals surface area contributed by atoms with Crippen LogP contribution in [0.15, 0.2) is 42.6 Å². The number of ether oxygens (including phenoxy) is 1. The number of rotatable bonds is 5. The van der Waals surface area contributed by atoms with Gasteiger partial charge in [0, 0.05) is 19.9 Å². The van der Waals surface area contributed by atoms with Crippen molar-refractivity contribution in [3.8, 4) is 0 Å². The molecule has 3 heteroatoms. The Kier molecular flexibility index (Phi) is 4.31. The van der Waals surface area contributed by atoms with Gasteiger partial charge in [0.25, 0.3) is 0 Å². The van der Waals surface area contributed by atoms with E-state index in [1.807, 2.05) is 18.3 Å². The van der Waals surface area contributed by atoms with Gasteiger partial charge in [-0.1, -0.05) is 24.3 Å². The van der Waals surface area contributed by atoms with Gasteiger partial charge in [-0.3, -0.25) is 0 Å². The van der Waals surface area contributed by atoms with E-state index in [-0.39, 0.29) is 0 Å². The number of nitrogens with zero attached hydrogens (tertiary/aromatic N) is 1. The van der Waals surface area contributed by atoms with E-state index in [2.05, 4.69) is 41.5 Å². The van der Waals surface area contributed by atoms with E-state index in [0.717, 1.165) is 12.4 Å². The summed E-state index contributed by atoms with van der Waals surface area (Å²) < 4.78 is 5.08. The number of pyridine rings is 1. The first-order chi connectivity index (χ1) is 8.78. The van der Waals surface area contributed by atoms with Crippen LogP contribution < -0.4 is 5.32 Å². The topological polar surface area (TPSA) is 34.1 Å². The molecule has 0 saturated heterocycles. The number of anilines is 1. The van der Waals surface area contributed by atoms with Crippen LogP contribution in [-0.4, -0.2) is 12.1 Å². The van der Waals surface area contributed by atoms with Gasteiger partial charge in [-0.05, 0) is 35.7 Å². The third-order valence-electron chi connectivity index (χ3n) is 2.72. The minimum Gasteiger partial charge on any atom is -0.380 e. The molecule has 0 spiro atoms. The Morgan fingerprint density at radius 1 is 1.11 bits per heavy atom. The van der Waals surface area contributed by atoms with Crippen molar-refractivity contribution in [2.45, 2.75) is 20.1 Å². The second kappa shape index (κ2) is 6.17. The fraction of sp³-hybridized carbons (Fsp3) is 0.267. The van der Waals surface area contributed by atoms with Crippen LogP contribution in [0.1, 0.15) is 16.7 Å². The Labute approximate surface area is 108 Å². The van der Waals surface area contributed by atoms with Crippen LogP contribution >= 0.6 is 0 Å². The average Bonchev–Trinajstić information content (AvgIpc) is 2.38. The molecular weight excluding hydrogens is 224 g/mol. The molecule has 0 aliphatic rings. The lowest BCUT2D eigenvalue weighted by molar-refractivity contribution is 0.185. The summed E-state index contributed by atoms with van der Waals surface area (Å²) >= 11 is 0. The Morgan fingerprint density at radius 3 is 2.50 bits per heavy atom.